The topological polar surface area (TPSA) is 38.3 Å². The Bertz CT molecular complexity index is 228. The molecule has 0 aromatic rings. The smallest absolute Gasteiger partial charge is 0.326 e. The molecule has 1 saturated carbocycles. The van der Waals surface area contributed by atoms with Gasteiger partial charge in [0.05, 0.1) is 6.61 Å². The van der Waals surface area contributed by atoms with Crippen LogP contribution in [0.2, 0.25) is 0 Å². The monoisotopic (exact) mass is 213 g/mol. The molecule has 1 rings (SSSR count). The van der Waals surface area contributed by atoms with Gasteiger partial charge in [0.1, 0.15) is 5.54 Å². The van der Waals surface area contributed by atoms with Gasteiger partial charge in [0.25, 0.3) is 0 Å². The van der Waals surface area contributed by atoms with E-state index in [9.17, 15) is 4.79 Å². The number of carbonyl (C=O) groups excluding carboxylic acids is 1. The number of hydrogen-bond donors (Lipinski definition) is 1. The molecule has 0 saturated heterocycles. The normalized spacial score (nSPS) is 30.9. The molecule has 0 aliphatic heterocycles. The van der Waals surface area contributed by atoms with E-state index in [4.69, 9.17) is 4.74 Å². The molecule has 0 heterocycles. The molecule has 1 aliphatic rings. The Balaban J connectivity index is 2.80. The first kappa shape index (κ1) is 12.5. The molecule has 3 heteroatoms. The molecule has 0 amide bonds. The third-order valence-electron chi connectivity index (χ3n) is 3.24. The molecule has 0 spiro atoms. The largest absolute Gasteiger partial charge is 0.465 e. The van der Waals surface area contributed by atoms with E-state index in [-0.39, 0.29) is 5.97 Å². The van der Waals surface area contributed by atoms with Gasteiger partial charge in [-0.15, -0.1) is 0 Å². The van der Waals surface area contributed by atoms with Crippen molar-refractivity contribution in [2.45, 2.75) is 58.5 Å². The highest BCUT2D eigenvalue weighted by Crippen LogP contribution is 2.36. The van der Waals surface area contributed by atoms with Crippen LogP contribution in [-0.4, -0.2) is 24.2 Å². The Morgan fingerprint density at radius 1 is 1.60 bits per heavy atom. The van der Waals surface area contributed by atoms with Gasteiger partial charge in [0.2, 0.25) is 0 Å². The van der Waals surface area contributed by atoms with Crippen LogP contribution in [-0.2, 0) is 9.53 Å². The molecule has 88 valence electrons. The first-order chi connectivity index (χ1) is 7.03. The molecule has 2 unspecified atom stereocenters. The molecule has 1 N–H and O–H groups in total. The summed E-state index contributed by atoms with van der Waals surface area (Å²) in [6.07, 6.45) is 3.13. The SMILES string of the molecule is CCOC(=O)C1(NC(C)C)CCCC1C. The summed E-state index contributed by atoms with van der Waals surface area (Å²) in [4.78, 5) is 12.0. The highest BCUT2D eigenvalue weighted by Gasteiger charge is 2.48. The molecule has 0 aromatic heterocycles. The Labute approximate surface area is 92.6 Å². The van der Waals surface area contributed by atoms with E-state index in [0.717, 1.165) is 19.3 Å². The van der Waals surface area contributed by atoms with Crippen LogP contribution in [0.15, 0.2) is 0 Å². The van der Waals surface area contributed by atoms with Gasteiger partial charge in [-0.2, -0.15) is 0 Å². The van der Waals surface area contributed by atoms with Gasteiger partial charge in [-0.1, -0.05) is 13.3 Å². The number of nitrogens with one attached hydrogen (secondary N) is 1. The second-order valence-electron chi connectivity index (χ2n) is 4.78. The van der Waals surface area contributed by atoms with Crippen LogP contribution >= 0.6 is 0 Å². The van der Waals surface area contributed by atoms with Crippen molar-refractivity contribution in [1.82, 2.24) is 5.32 Å². The first-order valence-corrected chi connectivity index (χ1v) is 5.98. The molecule has 0 aromatic carbocycles. The summed E-state index contributed by atoms with van der Waals surface area (Å²) in [6.45, 7) is 8.62. The molecule has 1 fully saturated rings. The molecule has 15 heavy (non-hydrogen) atoms. The fraction of sp³-hybridized carbons (Fsp3) is 0.917. The zero-order valence-corrected chi connectivity index (χ0v) is 10.3. The number of esters is 1. The van der Waals surface area contributed by atoms with Gasteiger partial charge < -0.3 is 4.74 Å². The van der Waals surface area contributed by atoms with Crippen LogP contribution in [0, 0.1) is 5.92 Å². The number of hydrogen-bond acceptors (Lipinski definition) is 3. The van der Waals surface area contributed by atoms with E-state index in [2.05, 4.69) is 26.1 Å². The summed E-state index contributed by atoms with van der Waals surface area (Å²) in [5.41, 5.74) is -0.426. The van der Waals surface area contributed by atoms with Crippen molar-refractivity contribution >= 4 is 5.97 Å². The quantitative estimate of drug-likeness (QED) is 0.727. The summed E-state index contributed by atoms with van der Waals surface area (Å²) >= 11 is 0. The lowest BCUT2D eigenvalue weighted by Gasteiger charge is -2.34. The van der Waals surface area contributed by atoms with Crippen molar-refractivity contribution in [3.8, 4) is 0 Å². The van der Waals surface area contributed by atoms with Crippen LogP contribution in [0.4, 0.5) is 0 Å². The van der Waals surface area contributed by atoms with Gasteiger partial charge in [-0.25, -0.2) is 0 Å². The second-order valence-corrected chi connectivity index (χ2v) is 4.78. The van der Waals surface area contributed by atoms with Crippen molar-refractivity contribution in [2.75, 3.05) is 6.61 Å². The summed E-state index contributed by atoms with van der Waals surface area (Å²) < 4.78 is 5.20. The van der Waals surface area contributed by atoms with Crippen LogP contribution in [0.1, 0.15) is 47.0 Å². The van der Waals surface area contributed by atoms with E-state index in [1.165, 1.54) is 0 Å². The number of rotatable bonds is 4. The van der Waals surface area contributed by atoms with E-state index in [1.807, 2.05) is 6.92 Å². The zero-order chi connectivity index (χ0) is 11.5. The molecular weight excluding hydrogens is 190 g/mol. The van der Waals surface area contributed by atoms with Gasteiger partial charge in [0.15, 0.2) is 0 Å². The highest BCUT2D eigenvalue weighted by atomic mass is 16.5. The van der Waals surface area contributed by atoms with Gasteiger partial charge in [-0.05, 0) is 39.5 Å². The van der Waals surface area contributed by atoms with E-state index < -0.39 is 5.54 Å². The Morgan fingerprint density at radius 3 is 2.67 bits per heavy atom. The minimum Gasteiger partial charge on any atom is -0.465 e. The van der Waals surface area contributed by atoms with Crippen LogP contribution in [0.5, 0.6) is 0 Å². The predicted molar refractivity (Wildman–Crippen MR) is 60.7 cm³/mol. The lowest BCUT2D eigenvalue weighted by atomic mass is 9.87. The van der Waals surface area contributed by atoms with Crippen molar-refractivity contribution in [3.63, 3.8) is 0 Å². The molecule has 2 atom stereocenters. The Morgan fingerprint density at radius 2 is 2.27 bits per heavy atom. The third kappa shape index (κ3) is 2.51. The summed E-state index contributed by atoms with van der Waals surface area (Å²) in [7, 11) is 0. The highest BCUT2D eigenvalue weighted by molar-refractivity contribution is 5.81. The minimum atomic E-state index is -0.426. The number of ether oxygens (including phenoxy) is 1. The van der Waals surface area contributed by atoms with Crippen molar-refractivity contribution in [2.24, 2.45) is 5.92 Å². The second kappa shape index (κ2) is 4.97. The molecule has 1 aliphatic carbocycles. The standard InChI is InChI=1S/C12H23NO2/c1-5-15-11(14)12(13-9(2)3)8-6-7-10(12)4/h9-10,13H,5-8H2,1-4H3. The average molecular weight is 213 g/mol. The first-order valence-electron chi connectivity index (χ1n) is 5.98. The van der Waals surface area contributed by atoms with Crippen molar-refractivity contribution in [1.29, 1.82) is 0 Å². The maximum absolute atomic E-state index is 12.0. The maximum atomic E-state index is 12.0. The molecule has 0 bridgehead atoms. The summed E-state index contributed by atoms with van der Waals surface area (Å²) in [5.74, 6) is 0.308. The van der Waals surface area contributed by atoms with Crippen LogP contribution < -0.4 is 5.32 Å². The number of carbonyl (C=O) groups is 1. The fourth-order valence-electron chi connectivity index (χ4n) is 2.53. The van der Waals surface area contributed by atoms with Crippen LogP contribution in [0.25, 0.3) is 0 Å². The van der Waals surface area contributed by atoms with Crippen LogP contribution in [0.3, 0.4) is 0 Å². The third-order valence-corrected chi connectivity index (χ3v) is 3.24. The maximum Gasteiger partial charge on any atom is 0.326 e. The Kier molecular flexibility index (Phi) is 4.14. The lowest BCUT2D eigenvalue weighted by Crippen LogP contribution is -2.57. The average Bonchev–Trinajstić information content (AvgIpc) is 2.48. The minimum absolute atomic E-state index is 0.0660. The summed E-state index contributed by atoms with van der Waals surface area (Å²) in [6, 6.07) is 0.315. The predicted octanol–water partition coefficient (Wildman–Crippen LogP) is 2.11. The van der Waals surface area contributed by atoms with Gasteiger partial charge in [0, 0.05) is 6.04 Å². The Hall–Kier alpha value is -0.570. The fourth-order valence-corrected chi connectivity index (χ4v) is 2.53. The van der Waals surface area contributed by atoms with Gasteiger partial charge >= 0.3 is 5.97 Å². The lowest BCUT2D eigenvalue weighted by molar-refractivity contribution is -0.153. The van der Waals surface area contributed by atoms with E-state index in [1.54, 1.807) is 0 Å². The molecular formula is C12H23NO2. The molecule has 3 nitrogen and oxygen atoms in total. The van der Waals surface area contributed by atoms with Crippen molar-refractivity contribution in [3.05, 3.63) is 0 Å². The summed E-state index contributed by atoms with van der Waals surface area (Å²) in [5, 5.41) is 3.42. The van der Waals surface area contributed by atoms with E-state index in [0.29, 0.717) is 18.6 Å². The van der Waals surface area contributed by atoms with E-state index >= 15 is 0 Å². The van der Waals surface area contributed by atoms with Gasteiger partial charge in [-0.3, -0.25) is 10.1 Å². The van der Waals surface area contributed by atoms with Crippen molar-refractivity contribution < 1.29 is 9.53 Å². The zero-order valence-electron chi connectivity index (χ0n) is 10.3. The molecule has 0 radical (unpaired) electrons.